The Labute approximate surface area is 164 Å². The summed E-state index contributed by atoms with van der Waals surface area (Å²) in [7, 11) is 4.38. The van der Waals surface area contributed by atoms with Gasteiger partial charge in [0.2, 0.25) is 0 Å². The first kappa shape index (κ1) is 20.1. The highest BCUT2D eigenvalue weighted by Crippen LogP contribution is 2.26. The third-order valence-corrected chi connectivity index (χ3v) is 5.17. The van der Waals surface area contributed by atoms with Crippen LogP contribution in [0.1, 0.15) is 32.1 Å². The van der Waals surface area contributed by atoms with Gasteiger partial charge < -0.3 is 10.6 Å². The van der Waals surface area contributed by atoms with Gasteiger partial charge in [-0.1, -0.05) is 25.3 Å². The maximum absolute atomic E-state index is 13.2. The van der Waals surface area contributed by atoms with Crippen LogP contribution in [0, 0.1) is 11.6 Å². The topological polar surface area (TPSA) is 55.0 Å². The molecular weight excluding hydrogens is 358 g/mol. The van der Waals surface area contributed by atoms with Crippen molar-refractivity contribution < 1.29 is 8.78 Å². The average Bonchev–Trinajstić information content (AvgIpc) is 2.68. The number of hydrogen-bond donors (Lipinski definition) is 1. The molecule has 0 unspecified atom stereocenters. The highest BCUT2D eigenvalue weighted by Gasteiger charge is 2.14. The molecule has 0 bridgehead atoms. The second-order valence-electron chi connectivity index (χ2n) is 7.40. The summed E-state index contributed by atoms with van der Waals surface area (Å²) in [5.41, 5.74) is 7.56. The van der Waals surface area contributed by atoms with E-state index in [4.69, 9.17) is 5.73 Å². The third-order valence-electron chi connectivity index (χ3n) is 5.17. The highest BCUT2D eigenvalue weighted by molar-refractivity contribution is 5.91. The molecule has 1 aliphatic rings. The lowest BCUT2D eigenvalue weighted by Crippen LogP contribution is -2.29. The number of anilines is 1. The van der Waals surface area contributed by atoms with Crippen LogP contribution in [0.3, 0.4) is 0 Å². The third kappa shape index (κ3) is 5.01. The van der Waals surface area contributed by atoms with Crippen molar-refractivity contribution in [1.82, 2.24) is 14.9 Å². The van der Waals surface area contributed by atoms with E-state index in [1.165, 1.54) is 50.6 Å². The molecule has 4 rings (SSSR count). The second-order valence-corrected chi connectivity index (χ2v) is 7.40. The Morgan fingerprint density at radius 1 is 0.893 bits per heavy atom. The normalized spacial score (nSPS) is 14.8. The van der Waals surface area contributed by atoms with Crippen molar-refractivity contribution in [2.75, 3.05) is 19.8 Å². The minimum atomic E-state index is -0.618. The van der Waals surface area contributed by atoms with Gasteiger partial charge >= 0.3 is 0 Å². The van der Waals surface area contributed by atoms with Crippen LogP contribution in [0.5, 0.6) is 0 Å². The molecule has 3 aromatic rings. The Bertz CT molecular complexity index is 917. The van der Waals surface area contributed by atoms with Crippen LogP contribution in [-0.4, -0.2) is 35.0 Å². The van der Waals surface area contributed by atoms with Crippen LogP contribution in [0.15, 0.2) is 42.7 Å². The molecule has 0 spiro atoms. The molecule has 0 radical (unpaired) electrons. The van der Waals surface area contributed by atoms with Crippen LogP contribution in [0.4, 0.5) is 14.6 Å². The molecule has 1 fully saturated rings. The zero-order valence-corrected chi connectivity index (χ0v) is 16.3. The lowest BCUT2D eigenvalue weighted by Gasteiger charge is -2.27. The van der Waals surface area contributed by atoms with Crippen molar-refractivity contribution in [2.24, 2.45) is 0 Å². The molecule has 148 valence electrons. The van der Waals surface area contributed by atoms with Gasteiger partial charge in [-0.05, 0) is 62.3 Å². The van der Waals surface area contributed by atoms with E-state index in [1.807, 2.05) is 0 Å². The van der Waals surface area contributed by atoms with Crippen LogP contribution in [0.25, 0.3) is 22.0 Å². The molecule has 0 amide bonds. The zero-order chi connectivity index (χ0) is 20.1. The quantitative estimate of drug-likeness (QED) is 0.673. The van der Waals surface area contributed by atoms with Gasteiger partial charge in [0, 0.05) is 17.5 Å². The Kier molecular flexibility index (Phi) is 6.52. The Balaban J connectivity index is 0.000000211. The summed E-state index contributed by atoms with van der Waals surface area (Å²) in [5, 5.41) is 0.657. The SMILES string of the molecule is CN(C)C1CCCCC1.Nc1ncnc2ccc(-c3cc(F)cc(F)c3)cc12. The number of nitrogen functional groups attached to an aromatic ring is 1. The fourth-order valence-corrected chi connectivity index (χ4v) is 3.57. The van der Waals surface area contributed by atoms with Gasteiger partial charge in [-0.3, -0.25) is 0 Å². The summed E-state index contributed by atoms with van der Waals surface area (Å²) in [4.78, 5) is 10.3. The van der Waals surface area contributed by atoms with Crippen LogP contribution in [0.2, 0.25) is 0 Å². The monoisotopic (exact) mass is 384 g/mol. The maximum atomic E-state index is 13.2. The number of fused-ring (bicyclic) bond motifs is 1. The highest BCUT2D eigenvalue weighted by atomic mass is 19.1. The van der Waals surface area contributed by atoms with E-state index in [1.54, 1.807) is 18.2 Å². The minimum absolute atomic E-state index is 0.337. The number of benzene rings is 2. The predicted molar refractivity (Wildman–Crippen MR) is 110 cm³/mol. The van der Waals surface area contributed by atoms with E-state index in [9.17, 15) is 8.78 Å². The summed E-state index contributed by atoms with van der Waals surface area (Å²) in [5.74, 6) is -0.900. The Morgan fingerprint density at radius 3 is 2.18 bits per heavy atom. The molecule has 0 saturated heterocycles. The van der Waals surface area contributed by atoms with Crippen molar-refractivity contribution in [3.05, 3.63) is 54.4 Å². The smallest absolute Gasteiger partial charge is 0.134 e. The van der Waals surface area contributed by atoms with E-state index < -0.39 is 11.6 Å². The predicted octanol–water partition coefficient (Wildman–Crippen LogP) is 5.04. The van der Waals surface area contributed by atoms with E-state index in [2.05, 4.69) is 29.0 Å². The summed E-state index contributed by atoms with van der Waals surface area (Å²) in [6.07, 6.45) is 8.58. The second kappa shape index (κ2) is 9.06. The molecule has 2 N–H and O–H groups in total. The van der Waals surface area contributed by atoms with Crippen LogP contribution in [-0.2, 0) is 0 Å². The molecule has 6 heteroatoms. The molecule has 1 aliphatic carbocycles. The van der Waals surface area contributed by atoms with Gasteiger partial charge in [0.1, 0.15) is 23.8 Å². The molecule has 28 heavy (non-hydrogen) atoms. The summed E-state index contributed by atoms with van der Waals surface area (Å²) in [6, 6.07) is 9.46. The average molecular weight is 384 g/mol. The van der Waals surface area contributed by atoms with Gasteiger partial charge in [0.05, 0.1) is 5.52 Å². The lowest BCUT2D eigenvalue weighted by atomic mass is 9.95. The lowest BCUT2D eigenvalue weighted by molar-refractivity contribution is 0.229. The van der Waals surface area contributed by atoms with Crippen molar-refractivity contribution in [2.45, 2.75) is 38.1 Å². The molecule has 4 nitrogen and oxygen atoms in total. The van der Waals surface area contributed by atoms with Crippen molar-refractivity contribution in [3.8, 4) is 11.1 Å². The molecule has 0 aliphatic heterocycles. The van der Waals surface area contributed by atoms with Gasteiger partial charge in [0.15, 0.2) is 0 Å². The Hall–Kier alpha value is -2.60. The van der Waals surface area contributed by atoms with Crippen LogP contribution < -0.4 is 5.73 Å². The molecule has 0 atom stereocenters. The number of aromatic nitrogens is 2. The van der Waals surface area contributed by atoms with Gasteiger partial charge in [-0.2, -0.15) is 0 Å². The number of rotatable bonds is 2. The number of nitrogens with two attached hydrogens (primary N) is 1. The zero-order valence-electron chi connectivity index (χ0n) is 16.3. The van der Waals surface area contributed by atoms with Gasteiger partial charge in [-0.25, -0.2) is 18.7 Å². The van der Waals surface area contributed by atoms with Crippen molar-refractivity contribution >= 4 is 16.7 Å². The fourth-order valence-electron chi connectivity index (χ4n) is 3.57. The van der Waals surface area contributed by atoms with E-state index in [0.29, 0.717) is 27.8 Å². The van der Waals surface area contributed by atoms with Crippen molar-refractivity contribution in [1.29, 1.82) is 0 Å². The molecular formula is C22H26F2N4. The van der Waals surface area contributed by atoms with E-state index >= 15 is 0 Å². The fraction of sp³-hybridized carbons (Fsp3) is 0.364. The first-order valence-corrected chi connectivity index (χ1v) is 9.57. The van der Waals surface area contributed by atoms with E-state index in [0.717, 1.165) is 12.1 Å². The minimum Gasteiger partial charge on any atom is -0.383 e. The molecule has 2 aromatic carbocycles. The van der Waals surface area contributed by atoms with Gasteiger partial charge in [-0.15, -0.1) is 0 Å². The first-order chi connectivity index (χ1) is 13.4. The summed E-state index contributed by atoms with van der Waals surface area (Å²) >= 11 is 0. The Morgan fingerprint density at radius 2 is 1.57 bits per heavy atom. The molecule has 1 aromatic heterocycles. The van der Waals surface area contributed by atoms with Crippen molar-refractivity contribution in [3.63, 3.8) is 0 Å². The first-order valence-electron chi connectivity index (χ1n) is 9.57. The number of halogens is 2. The standard InChI is InChI=1S/C14H9F2N3.C8H17N/c15-10-3-9(4-11(16)6-10)8-1-2-13-12(5-8)14(17)19-7-18-13;1-9(2)8-6-4-3-5-7-8/h1-7H,(H2,17,18,19);8H,3-7H2,1-2H3. The maximum Gasteiger partial charge on any atom is 0.134 e. The number of nitrogens with zero attached hydrogens (tertiary/aromatic N) is 3. The van der Waals surface area contributed by atoms with Crippen LogP contribution >= 0.6 is 0 Å². The van der Waals surface area contributed by atoms with Gasteiger partial charge in [0.25, 0.3) is 0 Å². The van der Waals surface area contributed by atoms with E-state index in [-0.39, 0.29) is 0 Å². The summed E-state index contributed by atoms with van der Waals surface area (Å²) in [6.45, 7) is 0. The molecule has 1 saturated carbocycles. The summed E-state index contributed by atoms with van der Waals surface area (Å²) < 4.78 is 26.4. The molecule has 1 heterocycles. The largest absolute Gasteiger partial charge is 0.383 e. The number of hydrogen-bond acceptors (Lipinski definition) is 4.